The van der Waals surface area contributed by atoms with Gasteiger partial charge in [0.05, 0.1) is 20.1 Å². The number of rotatable bonds is 8. The first-order chi connectivity index (χ1) is 8.67. The second kappa shape index (κ2) is 8.08. The third kappa shape index (κ3) is 5.04. The Hall–Kier alpha value is -1.10. The average molecular weight is 257 g/mol. The van der Waals surface area contributed by atoms with Crippen molar-refractivity contribution in [1.29, 1.82) is 0 Å². The van der Waals surface area contributed by atoms with Crippen molar-refractivity contribution in [3.63, 3.8) is 0 Å². The smallest absolute Gasteiger partial charge is 0.307 e. The molecule has 5 heteroatoms. The molecule has 0 aliphatic heterocycles. The largest absolute Gasteiger partial charge is 0.469 e. The number of carbonyl (C=O) groups excluding carboxylic acids is 2. The van der Waals surface area contributed by atoms with Gasteiger partial charge < -0.3 is 14.4 Å². The Morgan fingerprint density at radius 1 is 1.22 bits per heavy atom. The number of hydrogen-bond donors (Lipinski definition) is 0. The van der Waals surface area contributed by atoms with Crippen LogP contribution >= 0.6 is 0 Å². The minimum Gasteiger partial charge on any atom is -0.469 e. The molecule has 1 amide bonds. The third-order valence-corrected chi connectivity index (χ3v) is 3.42. The van der Waals surface area contributed by atoms with Gasteiger partial charge in [-0.3, -0.25) is 9.59 Å². The van der Waals surface area contributed by atoms with Crippen LogP contribution in [0, 0.1) is 5.92 Å². The van der Waals surface area contributed by atoms with Gasteiger partial charge in [0.25, 0.3) is 0 Å². The van der Waals surface area contributed by atoms with E-state index in [0.29, 0.717) is 32.0 Å². The van der Waals surface area contributed by atoms with Crippen LogP contribution in [0.3, 0.4) is 0 Å². The van der Waals surface area contributed by atoms with E-state index in [1.165, 1.54) is 13.5 Å². The molecule has 0 unspecified atom stereocenters. The molecule has 0 aromatic carbocycles. The molecule has 1 aliphatic carbocycles. The van der Waals surface area contributed by atoms with Gasteiger partial charge >= 0.3 is 5.97 Å². The van der Waals surface area contributed by atoms with E-state index < -0.39 is 0 Å². The van der Waals surface area contributed by atoms with Gasteiger partial charge in [-0.1, -0.05) is 6.42 Å². The topological polar surface area (TPSA) is 55.8 Å². The summed E-state index contributed by atoms with van der Waals surface area (Å²) in [5.41, 5.74) is 0. The summed E-state index contributed by atoms with van der Waals surface area (Å²) in [6.45, 7) is 1.46. The number of ether oxygens (including phenoxy) is 2. The van der Waals surface area contributed by atoms with E-state index in [4.69, 9.17) is 4.74 Å². The first kappa shape index (κ1) is 15.0. The predicted molar refractivity (Wildman–Crippen MR) is 67.0 cm³/mol. The molecule has 0 heterocycles. The molecule has 0 aromatic rings. The van der Waals surface area contributed by atoms with Crippen LogP contribution in [0.2, 0.25) is 0 Å². The van der Waals surface area contributed by atoms with Gasteiger partial charge in [-0.2, -0.15) is 0 Å². The summed E-state index contributed by atoms with van der Waals surface area (Å²) >= 11 is 0. The second-order valence-electron chi connectivity index (χ2n) is 4.70. The van der Waals surface area contributed by atoms with Crippen molar-refractivity contribution in [2.45, 2.75) is 32.1 Å². The number of esters is 1. The fourth-order valence-corrected chi connectivity index (χ4v) is 1.96. The standard InChI is InChI=1S/C13H23NO4/c1-17-9-8-14(7-6-13(16)18-2)12(15)10-11-4-3-5-11/h11H,3-10H2,1-2H3. The van der Waals surface area contributed by atoms with Crippen LogP contribution in [-0.4, -0.2) is 50.7 Å². The minimum atomic E-state index is -0.283. The Bertz CT molecular complexity index is 276. The molecular weight excluding hydrogens is 234 g/mol. The van der Waals surface area contributed by atoms with Gasteiger partial charge in [0.15, 0.2) is 0 Å². The molecule has 5 nitrogen and oxygen atoms in total. The highest BCUT2D eigenvalue weighted by atomic mass is 16.5. The molecule has 1 rings (SSSR count). The Balaban J connectivity index is 2.36. The second-order valence-corrected chi connectivity index (χ2v) is 4.70. The number of methoxy groups -OCH3 is 2. The summed E-state index contributed by atoms with van der Waals surface area (Å²) in [5, 5.41) is 0. The summed E-state index contributed by atoms with van der Waals surface area (Å²) < 4.78 is 9.58. The van der Waals surface area contributed by atoms with Crippen molar-refractivity contribution >= 4 is 11.9 Å². The fraction of sp³-hybridized carbons (Fsp3) is 0.846. The average Bonchev–Trinajstić information content (AvgIpc) is 2.33. The molecule has 0 N–H and O–H groups in total. The maximum absolute atomic E-state index is 12.1. The molecule has 1 saturated carbocycles. The van der Waals surface area contributed by atoms with Crippen LogP contribution in [0.4, 0.5) is 0 Å². The maximum Gasteiger partial charge on any atom is 0.307 e. The maximum atomic E-state index is 12.1. The molecule has 0 saturated heterocycles. The molecule has 104 valence electrons. The first-order valence-corrected chi connectivity index (χ1v) is 6.51. The van der Waals surface area contributed by atoms with Crippen molar-refractivity contribution in [3.8, 4) is 0 Å². The summed E-state index contributed by atoms with van der Waals surface area (Å²) in [4.78, 5) is 24.9. The molecular formula is C13H23NO4. The zero-order chi connectivity index (χ0) is 13.4. The summed E-state index contributed by atoms with van der Waals surface area (Å²) in [6.07, 6.45) is 4.39. The lowest BCUT2D eigenvalue weighted by atomic mass is 9.82. The molecule has 0 bridgehead atoms. The van der Waals surface area contributed by atoms with E-state index in [1.54, 1.807) is 12.0 Å². The lowest BCUT2D eigenvalue weighted by Gasteiger charge is -2.28. The number of carbonyl (C=O) groups is 2. The zero-order valence-electron chi connectivity index (χ0n) is 11.3. The zero-order valence-corrected chi connectivity index (χ0v) is 11.3. The predicted octanol–water partition coefficient (Wildman–Crippen LogP) is 1.21. The van der Waals surface area contributed by atoms with Crippen LogP contribution in [0.25, 0.3) is 0 Å². The SMILES string of the molecule is COCCN(CCC(=O)OC)C(=O)CC1CCC1. The highest BCUT2D eigenvalue weighted by molar-refractivity contribution is 5.77. The Morgan fingerprint density at radius 2 is 1.94 bits per heavy atom. The van der Waals surface area contributed by atoms with Crippen molar-refractivity contribution in [1.82, 2.24) is 4.90 Å². The number of nitrogens with zero attached hydrogens (tertiary/aromatic N) is 1. The van der Waals surface area contributed by atoms with Crippen molar-refractivity contribution in [2.75, 3.05) is 33.9 Å². The molecule has 0 aromatic heterocycles. The van der Waals surface area contributed by atoms with Crippen LogP contribution < -0.4 is 0 Å². The summed E-state index contributed by atoms with van der Waals surface area (Å²) in [6, 6.07) is 0. The Morgan fingerprint density at radius 3 is 2.44 bits per heavy atom. The number of amides is 1. The molecule has 1 fully saturated rings. The van der Waals surface area contributed by atoms with Crippen LogP contribution in [0.15, 0.2) is 0 Å². The van der Waals surface area contributed by atoms with E-state index in [0.717, 1.165) is 12.8 Å². The van der Waals surface area contributed by atoms with Crippen LogP contribution in [0.1, 0.15) is 32.1 Å². The quantitative estimate of drug-likeness (QED) is 0.613. The van der Waals surface area contributed by atoms with Crippen LogP contribution in [-0.2, 0) is 19.1 Å². The monoisotopic (exact) mass is 257 g/mol. The summed E-state index contributed by atoms with van der Waals surface area (Å²) in [7, 11) is 2.97. The van der Waals surface area contributed by atoms with Crippen LogP contribution in [0.5, 0.6) is 0 Å². The van der Waals surface area contributed by atoms with Gasteiger partial charge in [0.2, 0.25) is 5.91 Å². The fourth-order valence-electron chi connectivity index (χ4n) is 1.96. The molecule has 18 heavy (non-hydrogen) atoms. The molecule has 0 atom stereocenters. The van der Waals surface area contributed by atoms with E-state index in [9.17, 15) is 9.59 Å². The van der Waals surface area contributed by atoms with E-state index in [2.05, 4.69) is 4.74 Å². The van der Waals surface area contributed by atoms with E-state index in [-0.39, 0.29) is 18.3 Å². The van der Waals surface area contributed by atoms with Gasteiger partial charge in [0.1, 0.15) is 0 Å². The lowest BCUT2D eigenvalue weighted by molar-refractivity contribution is -0.142. The lowest BCUT2D eigenvalue weighted by Crippen LogP contribution is -2.37. The van der Waals surface area contributed by atoms with E-state index >= 15 is 0 Å². The molecule has 0 spiro atoms. The van der Waals surface area contributed by atoms with Gasteiger partial charge in [-0.05, 0) is 18.8 Å². The third-order valence-electron chi connectivity index (χ3n) is 3.42. The summed E-state index contributed by atoms with van der Waals surface area (Å²) in [5.74, 6) is 0.384. The normalized spacial score (nSPS) is 15.0. The molecule has 1 aliphatic rings. The first-order valence-electron chi connectivity index (χ1n) is 6.51. The van der Waals surface area contributed by atoms with Crippen molar-refractivity contribution < 1.29 is 19.1 Å². The number of hydrogen-bond acceptors (Lipinski definition) is 4. The Kier molecular flexibility index (Phi) is 6.72. The van der Waals surface area contributed by atoms with Crippen molar-refractivity contribution in [2.24, 2.45) is 5.92 Å². The van der Waals surface area contributed by atoms with E-state index in [1.807, 2.05) is 0 Å². The van der Waals surface area contributed by atoms with Gasteiger partial charge in [-0.25, -0.2) is 0 Å². The molecule has 0 radical (unpaired) electrons. The highest BCUT2D eigenvalue weighted by Crippen LogP contribution is 2.29. The van der Waals surface area contributed by atoms with Gasteiger partial charge in [-0.15, -0.1) is 0 Å². The minimum absolute atomic E-state index is 0.126. The highest BCUT2D eigenvalue weighted by Gasteiger charge is 2.24. The Labute approximate surface area is 108 Å². The van der Waals surface area contributed by atoms with Crippen molar-refractivity contribution in [3.05, 3.63) is 0 Å². The van der Waals surface area contributed by atoms with Gasteiger partial charge in [0, 0.05) is 26.6 Å².